The summed E-state index contributed by atoms with van der Waals surface area (Å²) in [5.74, 6) is 0.761. The van der Waals surface area contributed by atoms with Gasteiger partial charge in [0.15, 0.2) is 11.5 Å². The van der Waals surface area contributed by atoms with E-state index in [1.54, 1.807) is 19.2 Å². The molecule has 0 spiro atoms. The summed E-state index contributed by atoms with van der Waals surface area (Å²) in [6.07, 6.45) is 0. The Labute approximate surface area is 190 Å². The summed E-state index contributed by atoms with van der Waals surface area (Å²) in [6.45, 7) is 0.604. The number of ether oxygens (including phenoxy) is 2. The molecular formula is C24H22FN5O3. The molecule has 1 amide bonds. The molecular weight excluding hydrogens is 425 g/mol. The van der Waals surface area contributed by atoms with Gasteiger partial charge in [0, 0.05) is 12.1 Å². The Morgan fingerprint density at radius 1 is 1.00 bits per heavy atom. The number of carbonyl (C=O) groups is 1. The topological polar surface area (TPSA) is 91.2 Å². The van der Waals surface area contributed by atoms with Crippen molar-refractivity contribution in [3.63, 3.8) is 0 Å². The van der Waals surface area contributed by atoms with Crippen LogP contribution in [0, 0.1) is 5.82 Å². The normalized spacial score (nSPS) is 10.6. The quantitative estimate of drug-likeness (QED) is 0.423. The number of halogens is 1. The average Bonchev–Trinajstić information content (AvgIpc) is 3.30. The van der Waals surface area contributed by atoms with Gasteiger partial charge in [0.1, 0.15) is 19.0 Å². The van der Waals surface area contributed by atoms with Crippen LogP contribution < -0.4 is 14.8 Å². The Morgan fingerprint density at radius 2 is 1.85 bits per heavy atom. The lowest BCUT2D eigenvalue weighted by atomic mass is 10.2. The van der Waals surface area contributed by atoms with Crippen LogP contribution in [-0.2, 0) is 24.5 Å². The number of hydrogen-bond acceptors (Lipinski definition) is 6. The van der Waals surface area contributed by atoms with Crippen molar-refractivity contribution in [2.75, 3.05) is 7.11 Å². The summed E-state index contributed by atoms with van der Waals surface area (Å²) in [5.41, 5.74) is 2.39. The van der Waals surface area contributed by atoms with Crippen molar-refractivity contribution in [1.29, 1.82) is 0 Å². The molecule has 0 bridgehead atoms. The van der Waals surface area contributed by atoms with Crippen LogP contribution in [0.4, 0.5) is 4.39 Å². The molecule has 0 saturated heterocycles. The van der Waals surface area contributed by atoms with Crippen molar-refractivity contribution in [3.05, 3.63) is 89.7 Å². The van der Waals surface area contributed by atoms with Gasteiger partial charge < -0.3 is 14.8 Å². The van der Waals surface area contributed by atoms with E-state index in [-0.39, 0.29) is 18.3 Å². The summed E-state index contributed by atoms with van der Waals surface area (Å²) < 4.78 is 24.7. The van der Waals surface area contributed by atoms with E-state index < -0.39 is 5.82 Å². The summed E-state index contributed by atoms with van der Waals surface area (Å²) in [6, 6.07) is 21.2. The van der Waals surface area contributed by atoms with E-state index in [2.05, 4.69) is 20.7 Å². The Balaban J connectivity index is 1.31. The summed E-state index contributed by atoms with van der Waals surface area (Å²) in [5, 5.41) is 14.7. The highest BCUT2D eigenvalue weighted by Crippen LogP contribution is 2.28. The van der Waals surface area contributed by atoms with E-state index in [1.165, 1.54) is 12.1 Å². The van der Waals surface area contributed by atoms with E-state index in [1.807, 2.05) is 48.5 Å². The maximum Gasteiger partial charge on any atom is 0.243 e. The second kappa shape index (κ2) is 10.4. The Bertz CT molecular complexity index is 1230. The van der Waals surface area contributed by atoms with E-state index in [0.717, 1.165) is 15.9 Å². The van der Waals surface area contributed by atoms with Crippen LogP contribution in [0.15, 0.2) is 72.8 Å². The highest BCUT2D eigenvalue weighted by Gasteiger charge is 2.11. The maximum absolute atomic E-state index is 13.4. The van der Waals surface area contributed by atoms with Crippen molar-refractivity contribution in [1.82, 2.24) is 25.5 Å². The van der Waals surface area contributed by atoms with Gasteiger partial charge >= 0.3 is 0 Å². The second-order valence-corrected chi connectivity index (χ2v) is 7.19. The molecule has 1 aromatic heterocycles. The van der Waals surface area contributed by atoms with E-state index >= 15 is 0 Å². The van der Waals surface area contributed by atoms with Crippen LogP contribution >= 0.6 is 0 Å². The molecule has 0 aliphatic carbocycles. The fourth-order valence-electron chi connectivity index (χ4n) is 3.11. The van der Waals surface area contributed by atoms with Gasteiger partial charge in [0.25, 0.3) is 0 Å². The standard InChI is InChI=1S/C24H22FN5O3/c1-32-22-12-18(10-11-21(22)33-16-17-6-3-2-4-7-17)14-26-23(31)15-30-28-24(27-29-30)19-8-5-9-20(25)13-19/h2-13H,14-16H2,1H3,(H,26,31). The first kappa shape index (κ1) is 21.9. The number of benzene rings is 3. The molecule has 4 aromatic rings. The summed E-state index contributed by atoms with van der Waals surface area (Å²) in [7, 11) is 1.57. The molecule has 0 unspecified atom stereocenters. The van der Waals surface area contributed by atoms with Gasteiger partial charge in [-0.2, -0.15) is 4.80 Å². The maximum atomic E-state index is 13.4. The Morgan fingerprint density at radius 3 is 2.64 bits per heavy atom. The van der Waals surface area contributed by atoms with Crippen LogP contribution in [0.5, 0.6) is 11.5 Å². The number of aromatic nitrogens is 4. The zero-order valence-corrected chi connectivity index (χ0v) is 17.9. The molecule has 0 atom stereocenters. The minimum atomic E-state index is -0.395. The third kappa shape index (κ3) is 5.91. The molecule has 168 valence electrons. The van der Waals surface area contributed by atoms with Gasteiger partial charge in [-0.25, -0.2) is 4.39 Å². The molecule has 0 fully saturated rings. The lowest BCUT2D eigenvalue weighted by Crippen LogP contribution is -2.28. The number of nitrogens with zero attached hydrogens (tertiary/aromatic N) is 4. The van der Waals surface area contributed by atoms with Gasteiger partial charge in [-0.05, 0) is 40.6 Å². The van der Waals surface area contributed by atoms with Gasteiger partial charge in [-0.1, -0.05) is 48.5 Å². The molecule has 1 heterocycles. The molecule has 0 saturated carbocycles. The molecule has 9 heteroatoms. The molecule has 4 rings (SSSR count). The van der Waals surface area contributed by atoms with Crippen LogP contribution in [-0.4, -0.2) is 33.2 Å². The van der Waals surface area contributed by atoms with Crippen LogP contribution in [0.1, 0.15) is 11.1 Å². The Hall–Kier alpha value is -4.27. The fraction of sp³-hybridized carbons (Fsp3) is 0.167. The van der Waals surface area contributed by atoms with Crippen LogP contribution in [0.25, 0.3) is 11.4 Å². The number of carbonyl (C=O) groups excluding carboxylic acids is 1. The first-order valence-corrected chi connectivity index (χ1v) is 10.2. The predicted molar refractivity (Wildman–Crippen MR) is 119 cm³/mol. The first-order valence-electron chi connectivity index (χ1n) is 10.2. The molecule has 33 heavy (non-hydrogen) atoms. The van der Waals surface area contributed by atoms with Crippen LogP contribution in [0.3, 0.4) is 0 Å². The zero-order chi connectivity index (χ0) is 23.0. The smallest absolute Gasteiger partial charge is 0.243 e. The molecule has 1 N–H and O–H groups in total. The van der Waals surface area contributed by atoms with Crippen molar-refractivity contribution >= 4 is 5.91 Å². The van der Waals surface area contributed by atoms with Crippen molar-refractivity contribution in [2.24, 2.45) is 0 Å². The van der Waals surface area contributed by atoms with E-state index in [9.17, 15) is 9.18 Å². The van der Waals surface area contributed by atoms with E-state index in [0.29, 0.717) is 30.2 Å². The number of amides is 1. The zero-order valence-electron chi connectivity index (χ0n) is 17.9. The highest BCUT2D eigenvalue weighted by molar-refractivity contribution is 5.75. The van der Waals surface area contributed by atoms with Gasteiger partial charge in [0.2, 0.25) is 11.7 Å². The van der Waals surface area contributed by atoms with Crippen molar-refractivity contribution in [2.45, 2.75) is 19.7 Å². The largest absolute Gasteiger partial charge is 0.493 e. The lowest BCUT2D eigenvalue weighted by molar-refractivity contribution is -0.122. The summed E-state index contributed by atoms with van der Waals surface area (Å²) >= 11 is 0. The van der Waals surface area contributed by atoms with E-state index in [4.69, 9.17) is 9.47 Å². The monoisotopic (exact) mass is 447 g/mol. The average molecular weight is 447 g/mol. The first-order chi connectivity index (χ1) is 16.1. The third-order valence-corrected chi connectivity index (χ3v) is 4.78. The number of rotatable bonds is 9. The molecule has 3 aromatic carbocycles. The van der Waals surface area contributed by atoms with Gasteiger partial charge in [-0.3, -0.25) is 4.79 Å². The Kier molecular flexibility index (Phi) is 6.89. The van der Waals surface area contributed by atoms with Crippen molar-refractivity contribution in [3.8, 4) is 22.9 Å². The van der Waals surface area contributed by atoms with Crippen LogP contribution in [0.2, 0.25) is 0 Å². The molecule has 0 aliphatic heterocycles. The SMILES string of the molecule is COc1cc(CNC(=O)Cn2nnc(-c3cccc(F)c3)n2)ccc1OCc1ccccc1. The van der Waals surface area contributed by atoms with Gasteiger partial charge in [-0.15, -0.1) is 10.2 Å². The van der Waals surface area contributed by atoms with Crippen molar-refractivity contribution < 1.29 is 18.7 Å². The predicted octanol–water partition coefficient (Wildman–Crippen LogP) is 3.38. The summed E-state index contributed by atoms with van der Waals surface area (Å²) in [4.78, 5) is 13.5. The minimum absolute atomic E-state index is 0.113. The number of methoxy groups -OCH3 is 1. The fourth-order valence-corrected chi connectivity index (χ4v) is 3.11. The lowest BCUT2D eigenvalue weighted by Gasteiger charge is -2.13. The molecule has 0 radical (unpaired) electrons. The molecule has 0 aliphatic rings. The third-order valence-electron chi connectivity index (χ3n) is 4.78. The highest BCUT2D eigenvalue weighted by atomic mass is 19.1. The number of tetrazole rings is 1. The molecule has 8 nitrogen and oxygen atoms in total. The second-order valence-electron chi connectivity index (χ2n) is 7.19. The number of hydrogen-bond donors (Lipinski definition) is 1. The van der Waals surface area contributed by atoms with Gasteiger partial charge in [0.05, 0.1) is 7.11 Å². The minimum Gasteiger partial charge on any atom is -0.493 e. The number of nitrogens with one attached hydrogen (secondary N) is 1.